The Morgan fingerprint density at radius 1 is 0.774 bits per heavy atom. The first-order chi connectivity index (χ1) is 15.2. The molecule has 0 aliphatic carbocycles. The number of benzene rings is 3. The van der Waals surface area contributed by atoms with Crippen LogP contribution in [-0.4, -0.2) is 23.3 Å². The molecular formula is C26H19N3O2. The Bertz CT molecular complexity index is 1250. The number of carbonyl (C=O) groups excluding carboxylic acids is 2. The second-order valence-electron chi connectivity index (χ2n) is 7.63. The molecule has 0 N–H and O–H groups in total. The van der Waals surface area contributed by atoms with Gasteiger partial charge >= 0.3 is 0 Å². The second kappa shape index (κ2) is 7.58. The van der Waals surface area contributed by atoms with Crippen LogP contribution in [0.25, 0.3) is 5.57 Å². The molecule has 3 aromatic rings. The molecule has 5 rings (SSSR count). The smallest absolute Gasteiger partial charge is 0.282 e. The topological polar surface area (TPSA) is 64.4 Å². The van der Waals surface area contributed by atoms with E-state index in [-0.39, 0.29) is 11.8 Å². The van der Waals surface area contributed by atoms with Crippen molar-refractivity contribution in [3.8, 4) is 6.07 Å². The van der Waals surface area contributed by atoms with Gasteiger partial charge in [-0.25, -0.2) is 4.90 Å². The summed E-state index contributed by atoms with van der Waals surface area (Å²) in [7, 11) is 0. The standard InChI is InChI=1S/C26H19N3O2/c27-16-18-10-12-22(13-11-18)29-25(30)23(20-7-2-1-3-8-20)24(26(29)31)28-15-14-19-6-4-5-9-21(19)17-28/h1-13H,14-15,17H2. The van der Waals surface area contributed by atoms with Gasteiger partial charge in [0.1, 0.15) is 5.70 Å². The third-order valence-corrected chi connectivity index (χ3v) is 5.82. The first-order valence-electron chi connectivity index (χ1n) is 10.2. The summed E-state index contributed by atoms with van der Waals surface area (Å²) in [6.07, 6.45) is 0.820. The maximum Gasteiger partial charge on any atom is 0.282 e. The van der Waals surface area contributed by atoms with Gasteiger partial charge < -0.3 is 4.90 Å². The van der Waals surface area contributed by atoms with Gasteiger partial charge in [-0.1, -0.05) is 54.6 Å². The van der Waals surface area contributed by atoms with E-state index in [1.165, 1.54) is 16.0 Å². The molecule has 0 spiro atoms. The molecule has 5 heteroatoms. The highest BCUT2D eigenvalue weighted by Crippen LogP contribution is 2.36. The summed E-state index contributed by atoms with van der Waals surface area (Å²) in [5.41, 5.74) is 4.99. The highest BCUT2D eigenvalue weighted by atomic mass is 16.2. The number of hydrogen-bond acceptors (Lipinski definition) is 4. The van der Waals surface area contributed by atoms with E-state index in [0.29, 0.717) is 35.6 Å². The van der Waals surface area contributed by atoms with Crippen LogP contribution < -0.4 is 4.90 Å². The van der Waals surface area contributed by atoms with Crippen molar-refractivity contribution < 1.29 is 9.59 Å². The number of amides is 2. The Kier molecular flexibility index (Phi) is 4.61. The highest BCUT2D eigenvalue weighted by Gasteiger charge is 2.42. The Morgan fingerprint density at radius 3 is 2.16 bits per heavy atom. The monoisotopic (exact) mass is 405 g/mol. The molecule has 0 bridgehead atoms. The minimum Gasteiger partial charge on any atom is -0.362 e. The van der Waals surface area contributed by atoms with Crippen molar-refractivity contribution in [1.29, 1.82) is 5.26 Å². The molecule has 0 unspecified atom stereocenters. The molecule has 0 saturated carbocycles. The molecule has 0 fully saturated rings. The van der Waals surface area contributed by atoms with Crippen LogP contribution in [0.3, 0.4) is 0 Å². The predicted octanol–water partition coefficient (Wildman–Crippen LogP) is 3.90. The van der Waals surface area contributed by atoms with Gasteiger partial charge in [0.2, 0.25) is 0 Å². The first kappa shape index (κ1) is 18.8. The quantitative estimate of drug-likeness (QED) is 0.620. The minimum atomic E-state index is -0.338. The number of rotatable bonds is 3. The summed E-state index contributed by atoms with van der Waals surface area (Å²) in [4.78, 5) is 30.4. The predicted molar refractivity (Wildman–Crippen MR) is 118 cm³/mol. The highest BCUT2D eigenvalue weighted by molar-refractivity contribution is 6.45. The Labute approximate surface area is 180 Å². The minimum absolute atomic E-state index is 0.326. The fourth-order valence-electron chi connectivity index (χ4n) is 4.28. The van der Waals surface area contributed by atoms with Crippen LogP contribution in [0.1, 0.15) is 22.3 Å². The fourth-order valence-corrected chi connectivity index (χ4v) is 4.28. The molecule has 2 amide bonds. The van der Waals surface area contributed by atoms with E-state index in [0.717, 1.165) is 12.0 Å². The van der Waals surface area contributed by atoms with E-state index in [1.54, 1.807) is 24.3 Å². The van der Waals surface area contributed by atoms with Crippen LogP contribution in [0.15, 0.2) is 84.6 Å². The van der Waals surface area contributed by atoms with Gasteiger partial charge in [0, 0.05) is 13.1 Å². The largest absolute Gasteiger partial charge is 0.362 e. The van der Waals surface area contributed by atoms with Gasteiger partial charge in [-0.2, -0.15) is 5.26 Å². The van der Waals surface area contributed by atoms with Crippen LogP contribution in [0.4, 0.5) is 5.69 Å². The molecular weight excluding hydrogens is 386 g/mol. The molecule has 2 aliphatic heterocycles. The van der Waals surface area contributed by atoms with Crippen molar-refractivity contribution in [2.45, 2.75) is 13.0 Å². The first-order valence-corrected chi connectivity index (χ1v) is 10.2. The number of fused-ring (bicyclic) bond motifs is 1. The van der Waals surface area contributed by atoms with E-state index in [4.69, 9.17) is 5.26 Å². The molecule has 0 saturated heterocycles. The Balaban J connectivity index is 1.60. The van der Waals surface area contributed by atoms with Crippen LogP contribution in [0.5, 0.6) is 0 Å². The lowest BCUT2D eigenvalue weighted by atomic mass is 9.98. The van der Waals surface area contributed by atoms with Gasteiger partial charge in [0.05, 0.1) is 22.9 Å². The van der Waals surface area contributed by atoms with E-state index >= 15 is 0 Å². The van der Waals surface area contributed by atoms with Crippen molar-refractivity contribution in [3.05, 3.63) is 107 Å². The lowest BCUT2D eigenvalue weighted by Crippen LogP contribution is -2.37. The average Bonchev–Trinajstić information content (AvgIpc) is 3.09. The molecule has 0 atom stereocenters. The second-order valence-corrected chi connectivity index (χ2v) is 7.63. The summed E-state index contributed by atoms with van der Waals surface area (Å²) >= 11 is 0. The Morgan fingerprint density at radius 2 is 1.45 bits per heavy atom. The molecule has 31 heavy (non-hydrogen) atoms. The van der Waals surface area contributed by atoms with Crippen LogP contribution in [-0.2, 0) is 22.6 Å². The van der Waals surface area contributed by atoms with Crippen molar-refractivity contribution >= 4 is 23.1 Å². The van der Waals surface area contributed by atoms with E-state index in [9.17, 15) is 9.59 Å². The van der Waals surface area contributed by atoms with Gasteiger partial charge in [0.25, 0.3) is 11.8 Å². The summed E-state index contributed by atoms with van der Waals surface area (Å²) in [5.74, 6) is -0.664. The molecule has 150 valence electrons. The SMILES string of the molecule is N#Cc1ccc(N2C(=O)C(c3ccccc3)=C(N3CCc4ccccc4C3)C2=O)cc1. The lowest BCUT2D eigenvalue weighted by Gasteiger charge is -2.31. The summed E-state index contributed by atoms with van der Waals surface area (Å²) in [6, 6.07) is 26.2. The van der Waals surface area contributed by atoms with Crippen LogP contribution in [0.2, 0.25) is 0 Å². The molecule has 2 heterocycles. The molecule has 3 aromatic carbocycles. The number of nitrogens with zero attached hydrogens (tertiary/aromatic N) is 3. The van der Waals surface area contributed by atoms with Gasteiger partial charge in [-0.05, 0) is 47.4 Å². The number of hydrogen-bond donors (Lipinski definition) is 0. The maximum absolute atomic E-state index is 13.6. The third-order valence-electron chi connectivity index (χ3n) is 5.82. The summed E-state index contributed by atoms with van der Waals surface area (Å²) < 4.78 is 0. The summed E-state index contributed by atoms with van der Waals surface area (Å²) in [6.45, 7) is 1.25. The van der Waals surface area contributed by atoms with Crippen LogP contribution in [0, 0.1) is 11.3 Å². The number of nitriles is 1. The fraction of sp³-hybridized carbons (Fsp3) is 0.115. The van der Waals surface area contributed by atoms with Gasteiger partial charge in [-0.15, -0.1) is 0 Å². The van der Waals surface area contributed by atoms with Gasteiger partial charge in [0.15, 0.2) is 0 Å². The van der Waals surface area contributed by atoms with E-state index in [1.807, 2.05) is 47.4 Å². The zero-order valence-corrected chi connectivity index (χ0v) is 16.8. The molecule has 5 nitrogen and oxygen atoms in total. The molecule has 0 radical (unpaired) electrons. The third kappa shape index (κ3) is 3.19. The number of imide groups is 1. The molecule has 2 aliphatic rings. The number of carbonyl (C=O) groups is 2. The van der Waals surface area contributed by atoms with Crippen molar-refractivity contribution in [1.82, 2.24) is 4.90 Å². The Hall–Kier alpha value is -4.17. The van der Waals surface area contributed by atoms with Crippen LogP contribution >= 0.6 is 0 Å². The van der Waals surface area contributed by atoms with E-state index in [2.05, 4.69) is 18.2 Å². The van der Waals surface area contributed by atoms with Crippen molar-refractivity contribution in [2.75, 3.05) is 11.4 Å². The average molecular weight is 405 g/mol. The summed E-state index contributed by atoms with van der Waals surface area (Å²) in [5, 5.41) is 9.07. The zero-order valence-electron chi connectivity index (χ0n) is 16.8. The van der Waals surface area contributed by atoms with Crippen molar-refractivity contribution in [3.63, 3.8) is 0 Å². The zero-order chi connectivity index (χ0) is 21.4. The number of anilines is 1. The lowest BCUT2D eigenvalue weighted by molar-refractivity contribution is -0.120. The van der Waals surface area contributed by atoms with Crippen molar-refractivity contribution in [2.24, 2.45) is 0 Å². The van der Waals surface area contributed by atoms with E-state index < -0.39 is 0 Å². The maximum atomic E-state index is 13.6. The van der Waals surface area contributed by atoms with Gasteiger partial charge in [-0.3, -0.25) is 9.59 Å². The normalized spacial score (nSPS) is 15.8. The molecule has 0 aromatic heterocycles.